The zero-order chi connectivity index (χ0) is 107. The number of rotatable bonds is 33. The average molecular weight is 2000 g/mol. The van der Waals surface area contributed by atoms with Crippen molar-refractivity contribution in [3.8, 4) is 0 Å². The van der Waals surface area contributed by atoms with Crippen molar-refractivity contribution in [3.05, 3.63) is 316 Å². The summed E-state index contributed by atoms with van der Waals surface area (Å²) in [6.07, 6.45) is 3.40. The van der Waals surface area contributed by atoms with Crippen LogP contribution in [0.25, 0.3) is 32.3 Å². The molecule has 764 valence electrons. The van der Waals surface area contributed by atoms with Crippen molar-refractivity contribution < 1.29 is 83.8 Å². The number of nitrogens with two attached hydrogens (primary N) is 2. The third-order valence-electron chi connectivity index (χ3n) is 24.2. The minimum absolute atomic E-state index is 0.000174. The summed E-state index contributed by atoms with van der Waals surface area (Å²) in [5.41, 5.74) is 35.2. The third-order valence-corrected chi connectivity index (χ3v) is 24.2. The molecule has 3 aliphatic heterocycles. The van der Waals surface area contributed by atoms with Gasteiger partial charge >= 0.3 is 85.0 Å². The second-order valence-electron chi connectivity index (χ2n) is 34.3. The monoisotopic (exact) mass is 2000 g/mol. The number of hydrogen-bond donors (Lipinski definition) is 9. The van der Waals surface area contributed by atoms with E-state index in [1.54, 1.807) is 140 Å². The van der Waals surface area contributed by atoms with Gasteiger partial charge in [-0.3, -0.25) is 5.10 Å². The smallest absolute Gasteiger partial charge is 0.410 e. The molecule has 43 heteroatoms. The van der Waals surface area contributed by atoms with E-state index >= 15 is 0 Å². The molecule has 4 heterocycles. The highest BCUT2D eigenvalue weighted by Crippen LogP contribution is 2.37. The topological polar surface area (TPSA) is 329 Å². The number of aromatic nitrogens is 2. The van der Waals surface area contributed by atoms with Crippen LogP contribution in [0.15, 0.2) is 316 Å². The Morgan fingerprint density at radius 2 is 0.547 bits per heavy atom. The first-order valence-electron chi connectivity index (χ1n) is 47.9. The average Bonchev–Trinajstić information content (AvgIpc) is 0.853. The van der Waals surface area contributed by atoms with Crippen LogP contribution < -0.4 is 123 Å². The SMILES string of the molecule is COB(OC)c1ccc(B2Nc3cccc4cccc(c34)N2)cc1.COB(OC)c1ccc(N(C)C)cc1.COB(OC)c1ccc(N)cc1.COB(OC)c1cccc(B2Nc3cccc4cccc(c34)N2)c1.COB(OC)c1cccc(N(C)C)c1.COB(OC)c1cccc(N)c1.COB(OC)c1ccccc1B1Nc2cccc3cccc(c23)N1.COB(OC)c1ccccc1N(C)C.COB(OC)c1cn[nH]c1. The van der Waals surface area contributed by atoms with Crippen molar-refractivity contribution in [2.45, 2.75) is 0 Å². The first-order valence-corrected chi connectivity index (χ1v) is 47.9. The molecule has 0 saturated carbocycles. The van der Waals surface area contributed by atoms with Gasteiger partial charge in [0.1, 0.15) is 0 Å². The summed E-state index contributed by atoms with van der Waals surface area (Å²) in [4.78, 5) is 6.14. The van der Waals surface area contributed by atoms with Crippen molar-refractivity contribution in [2.75, 3.05) is 228 Å². The summed E-state index contributed by atoms with van der Waals surface area (Å²) in [6.45, 7) is -0.0163. The Morgan fingerprint density at radius 3 is 0.919 bits per heavy atom. The summed E-state index contributed by atoms with van der Waals surface area (Å²) in [5.74, 6) is 0. The van der Waals surface area contributed by atoms with Gasteiger partial charge in [-0.25, -0.2) is 0 Å². The van der Waals surface area contributed by atoms with Gasteiger partial charge in [0.25, 0.3) is 0 Å². The van der Waals surface area contributed by atoms with Crippen LogP contribution in [0.4, 0.5) is 62.6 Å². The molecular weight excluding hydrogens is 1860 g/mol. The van der Waals surface area contributed by atoms with Crippen LogP contribution in [-0.2, 0) is 83.8 Å². The molecule has 3 aliphatic rings. The standard InChI is InChI=1S/3C18H18B2N2O2.3C10H16BNO2.2C8H12BNO2.C5H9BN2O2/c1-23-20(24-2)15-9-5-8-14(12-15)19-21-16-10-3-6-13-7-4-11-17(22-19)18(13)16;1-23-20(24-2)15-11-9-14(10-12-15)19-21-16-7-3-5-13-6-4-8-17(22-19)18(13)16;1-23-20(24-2)15-10-4-3-9-14(15)19-21-16-11-5-7-13-8-6-12-17(22-19)18(13)16;1-12(2)10-7-5-9(6-8-10)11(13-3)14-4;1-12(2)10-7-5-6-9(8-10)11(13-3)14-4;1-12(2)10-8-6-5-7-9(10)11(13-3)14-4;1-11-9(12-2)7-3-5-8(10)6-4-7;1-11-9(12-2)7-4-3-5-8(10)6-7;1-9-6(10-2)5-3-7-8-4-5/h3*3-12,21-22H,1-2H3;3*5-8H,1-4H3;2*3-6H,10H2,1-2H3;3-4H,1-2H3,(H,7,8). The van der Waals surface area contributed by atoms with Crippen LogP contribution in [0.3, 0.4) is 0 Å². The molecule has 0 aliphatic carbocycles. The normalized spacial score (nSPS) is 11.3. The molecule has 0 bridgehead atoms. The van der Waals surface area contributed by atoms with E-state index in [9.17, 15) is 0 Å². The molecule has 148 heavy (non-hydrogen) atoms. The summed E-state index contributed by atoms with van der Waals surface area (Å²) in [7, 11) is 38.4. The number of nitrogen functional groups attached to an aromatic ring is 2. The molecule has 18 rings (SSSR count). The van der Waals surface area contributed by atoms with Gasteiger partial charge in [-0.15, -0.1) is 0 Å². The van der Waals surface area contributed by atoms with E-state index in [0.717, 1.165) is 117 Å². The predicted octanol–water partition coefficient (Wildman–Crippen LogP) is 8.31. The Morgan fingerprint density at radius 1 is 0.236 bits per heavy atom. The highest BCUT2D eigenvalue weighted by atomic mass is 16.6. The first-order chi connectivity index (χ1) is 71.9. The molecule has 0 saturated heterocycles. The van der Waals surface area contributed by atoms with E-state index in [-0.39, 0.29) is 77.9 Å². The van der Waals surface area contributed by atoms with Crippen molar-refractivity contribution in [3.63, 3.8) is 0 Å². The molecule has 0 radical (unpaired) electrons. The zero-order valence-corrected chi connectivity index (χ0v) is 89.2. The fraction of sp³-hybridized carbons (Fsp3) is 0.229. The van der Waals surface area contributed by atoms with Crippen molar-refractivity contribution in [2.24, 2.45) is 0 Å². The molecule has 14 aromatic carbocycles. The van der Waals surface area contributed by atoms with Crippen molar-refractivity contribution >= 4 is 245 Å². The maximum atomic E-state index is 5.59. The lowest BCUT2D eigenvalue weighted by molar-refractivity contribution is 0.291. The van der Waals surface area contributed by atoms with Crippen LogP contribution >= 0.6 is 0 Å². The second-order valence-corrected chi connectivity index (χ2v) is 34.3. The fourth-order valence-corrected chi connectivity index (χ4v) is 17.0. The van der Waals surface area contributed by atoms with Crippen LogP contribution in [0.2, 0.25) is 0 Å². The third kappa shape index (κ3) is 32.2. The molecular formula is C105H135B12N13O18. The van der Waals surface area contributed by atoms with Gasteiger partial charge in [0.15, 0.2) is 0 Å². The van der Waals surface area contributed by atoms with Crippen LogP contribution in [0.1, 0.15) is 0 Å². The number of H-pyrrole nitrogens is 1. The quantitative estimate of drug-likeness (QED) is 0.0138. The molecule has 0 amide bonds. The van der Waals surface area contributed by atoms with Crippen LogP contribution in [-0.4, -0.2) is 265 Å². The number of nitrogens with zero attached hydrogens (tertiary/aromatic N) is 4. The van der Waals surface area contributed by atoms with E-state index in [4.69, 9.17) is 95.2 Å². The molecule has 1 aromatic heterocycles. The van der Waals surface area contributed by atoms with Gasteiger partial charge in [0.05, 0.1) is 0 Å². The minimum atomic E-state index is -0.391. The lowest BCUT2D eigenvalue weighted by atomic mass is 9.58. The van der Waals surface area contributed by atoms with Gasteiger partial charge in [-0.2, -0.15) is 5.10 Å². The maximum absolute atomic E-state index is 5.59. The maximum Gasteiger partial charge on any atom is 0.496 e. The number of nitrogens with one attached hydrogen (secondary N) is 7. The Labute approximate surface area is 877 Å². The number of anilines is 11. The molecule has 0 unspecified atom stereocenters. The lowest BCUT2D eigenvalue weighted by Gasteiger charge is -2.28. The largest absolute Gasteiger partial charge is 0.496 e. The van der Waals surface area contributed by atoms with Gasteiger partial charge in [-0.05, 0) is 162 Å². The molecule has 0 spiro atoms. The lowest BCUT2D eigenvalue weighted by Crippen LogP contribution is -2.58. The number of hydrogen-bond acceptors (Lipinski definition) is 30. The minimum Gasteiger partial charge on any atom is -0.410 e. The van der Waals surface area contributed by atoms with E-state index in [2.05, 4.69) is 192 Å². The molecule has 0 atom stereocenters. The summed E-state index contributed by atoms with van der Waals surface area (Å²) in [6, 6.07) is 102. The van der Waals surface area contributed by atoms with Gasteiger partial charge in [-0.1, -0.05) is 212 Å². The Balaban J connectivity index is 0.000000173. The predicted molar refractivity (Wildman–Crippen MR) is 626 cm³/mol. The van der Waals surface area contributed by atoms with Gasteiger partial charge < -0.3 is 141 Å². The van der Waals surface area contributed by atoms with Crippen molar-refractivity contribution in [1.82, 2.24) is 10.2 Å². The number of aromatic amines is 1. The van der Waals surface area contributed by atoms with Crippen LogP contribution in [0.5, 0.6) is 0 Å². The molecule has 11 N–H and O–H groups in total. The summed E-state index contributed by atoms with van der Waals surface area (Å²) >= 11 is 0. The Hall–Kier alpha value is -13.1. The number of para-hydroxylation sites is 1. The highest BCUT2D eigenvalue weighted by Gasteiger charge is 2.35. The van der Waals surface area contributed by atoms with E-state index in [1.807, 2.05) is 210 Å². The summed E-state index contributed by atoms with van der Waals surface area (Å²) in [5, 5.41) is 35.4. The van der Waals surface area contributed by atoms with E-state index < -0.39 is 7.12 Å². The highest BCUT2D eigenvalue weighted by molar-refractivity contribution is 6.85. The van der Waals surface area contributed by atoms with Gasteiger partial charge in [0.2, 0.25) is 0 Å². The van der Waals surface area contributed by atoms with Gasteiger partial charge in [0, 0.05) is 272 Å². The summed E-state index contributed by atoms with van der Waals surface area (Å²) < 4.78 is 93.6. The van der Waals surface area contributed by atoms with Crippen molar-refractivity contribution in [1.29, 1.82) is 0 Å². The zero-order valence-electron chi connectivity index (χ0n) is 89.2. The Bertz CT molecular complexity index is 6310. The molecule has 31 nitrogen and oxygen atoms in total. The molecule has 15 aromatic rings. The molecule has 0 fully saturated rings. The van der Waals surface area contributed by atoms with E-state index in [0.29, 0.717) is 5.69 Å². The second kappa shape index (κ2) is 61.0. The van der Waals surface area contributed by atoms with E-state index in [1.165, 1.54) is 38.0 Å². The number of benzene rings is 14. The Kier molecular flexibility index (Phi) is 48.2. The fourth-order valence-electron chi connectivity index (χ4n) is 17.0. The van der Waals surface area contributed by atoms with Crippen LogP contribution in [0, 0.1) is 0 Å². The first kappa shape index (κ1) is 117.